The molecule has 1 heterocycles. The van der Waals surface area contributed by atoms with Gasteiger partial charge in [-0.3, -0.25) is 4.99 Å². The van der Waals surface area contributed by atoms with E-state index in [2.05, 4.69) is 31.6 Å². The molecule has 0 amide bonds. The Hall–Kier alpha value is -0.790. The van der Waals surface area contributed by atoms with Crippen molar-refractivity contribution in [2.24, 2.45) is 4.99 Å². The van der Waals surface area contributed by atoms with Crippen LogP contribution in [0.2, 0.25) is 0 Å². The molecule has 1 unspecified atom stereocenters. The van der Waals surface area contributed by atoms with Gasteiger partial charge in [0.1, 0.15) is 5.82 Å². The summed E-state index contributed by atoms with van der Waals surface area (Å²) in [5, 5.41) is 16.8. The van der Waals surface area contributed by atoms with Crippen LogP contribution in [0, 0.1) is 5.82 Å². The lowest BCUT2D eigenvalue weighted by atomic mass is 10.1. The van der Waals surface area contributed by atoms with E-state index in [-0.39, 0.29) is 5.82 Å². The molecule has 0 saturated carbocycles. The summed E-state index contributed by atoms with van der Waals surface area (Å²) >= 11 is 5.03. The molecule has 1 aromatic rings. The van der Waals surface area contributed by atoms with Gasteiger partial charge in [0.2, 0.25) is 0 Å². The normalized spacial score (nSPS) is 21.1. The summed E-state index contributed by atoms with van der Waals surface area (Å²) in [7, 11) is 0. The van der Waals surface area contributed by atoms with Crippen LogP contribution >= 0.6 is 27.7 Å². The maximum absolute atomic E-state index is 13.8. The Morgan fingerprint density at radius 1 is 1.46 bits per heavy atom. The summed E-state index contributed by atoms with van der Waals surface area (Å²) < 4.78 is 14.5. The first-order valence-corrected chi connectivity index (χ1v) is 10.2. The van der Waals surface area contributed by atoms with E-state index in [1.807, 2.05) is 19.1 Å². The fourth-order valence-electron chi connectivity index (χ4n) is 2.50. The third-order valence-corrected chi connectivity index (χ3v) is 5.62. The molecule has 1 aliphatic heterocycles. The number of aliphatic imine (C=N–C) groups is 1. The van der Waals surface area contributed by atoms with Gasteiger partial charge < -0.3 is 15.7 Å². The first-order valence-electron chi connectivity index (χ1n) is 8.29. The number of guanidine groups is 1. The van der Waals surface area contributed by atoms with Gasteiger partial charge in [0.05, 0.1) is 12.1 Å². The van der Waals surface area contributed by atoms with Crippen LogP contribution in [0.25, 0.3) is 0 Å². The SMILES string of the molecule is CCNC(=NCC1(O)CCSC1)NCCCc1ccc(Br)cc1F. The molecule has 1 aromatic carbocycles. The quantitative estimate of drug-likeness (QED) is 0.362. The number of thioether (sulfide) groups is 1. The van der Waals surface area contributed by atoms with E-state index < -0.39 is 5.60 Å². The van der Waals surface area contributed by atoms with Gasteiger partial charge in [-0.1, -0.05) is 22.0 Å². The van der Waals surface area contributed by atoms with Crippen LogP contribution in [0.15, 0.2) is 27.7 Å². The molecule has 2 rings (SSSR count). The van der Waals surface area contributed by atoms with Crippen molar-refractivity contribution in [1.29, 1.82) is 0 Å². The van der Waals surface area contributed by atoms with Crippen LogP contribution in [0.3, 0.4) is 0 Å². The number of nitrogens with zero attached hydrogens (tertiary/aromatic N) is 1. The molecule has 0 spiro atoms. The highest BCUT2D eigenvalue weighted by Gasteiger charge is 2.31. The van der Waals surface area contributed by atoms with Crippen LogP contribution in [-0.4, -0.2) is 47.8 Å². The summed E-state index contributed by atoms with van der Waals surface area (Å²) in [6, 6.07) is 5.16. The van der Waals surface area contributed by atoms with Gasteiger partial charge in [0.25, 0.3) is 0 Å². The molecule has 0 aliphatic carbocycles. The lowest BCUT2D eigenvalue weighted by Crippen LogP contribution is -2.40. The Morgan fingerprint density at radius 2 is 2.29 bits per heavy atom. The minimum absolute atomic E-state index is 0.175. The number of aliphatic hydroxyl groups is 1. The molecule has 3 N–H and O–H groups in total. The fourth-order valence-corrected chi connectivity index (χ4v) is 4.12. The zero-order chi connectivity index (χ0) is 17.4. The molecular formula is C17H25BrFN3OS. The largest absolute Gasteiger partial charge is 0.387 e. The van der Waals surface area contributed by atoms with E-state index in [0.717, 1.165) is 40.9 Å². The minimum Gasteiger partial charge on any atom is -0.387 e. The first kappa shape index (κ1) is 19.5. The lowest BCUT2D eigenvalue weighted by molar-refractivity contribution is 0.0778. The van der Waals surface area contributed by atoms with Crippen molar-refractivity contribution in [3.05, 3.63) is 34.1 Å². The van der Waals surface area contributed by atoms with Gasteiger partial charge in [0.15, 0.2) is 5.96 Å². The molecule has 24 heavy (non-hydrogen) atoms. The second-order valence-electron chi connectivity index (χ2n) is 5.99. The second-order valence-corrected chi connectivity index (χ2v) is 8.01. The maximum atomic E-state index is 13.8. The van der Waals surface area contributed by atoms with E-state index in [0.29, 0.717) is 25.5 Å². The van der Waals surface area contributed by atoms with Crippen molar-refractivity contribution >= 4 is 33.7 Å². The number of hydrogen-bond acceptors (Lipinski definition) is 3. The lowest BCUT2D eigenvalue weighted by Gasteiger charge is -2.19. The van der Waals surface area contributed by atoms with E-state index in [9.17, 15) is 9.50 Å². The molecule has 7 heteroatoms. The monoisotopic (exact) mass is 417 g/mol. The average Bonchev–Trinajstić information content (AvgIpc) is 2.98. The molecule has 4 nitrogen and oxygen atoms in total. The Labute approximate surface area is 155 Å². The summed E-state index contributed by atoms with van der Waals surface area (Å²) in [5.41, 5.74) is 0.0485. The van der Waals surface area contributed by atoms with Gasteiger partial charge in [-0.2, -0.15) is 11.8 Å². The Morgan fingerprint density at radius 3 is 2.96 bits per heavy atom. The van der Waals surface area contributed by atoms with Crippen molar-refractivity contribution in [1.82, 2.24) is 10.6 Å². The Balaban J connectivity index is 1.78. The predicted octanol–water partition coefficient (Wildman–Crippen LogP) is 2.94. The average molecular weight is 418 g/mol. The highest BCUT2D eigenvalue weighted by molar-refractivity contribution is 9.10. The van der Waals surface area contributed by atoms with Crippen LogP contribution in [-0.2, 0) is 6.42 Å². The Kier molecular flexibility index (Phi) is 7.84. The van der Waals surface area contributed by atoms with Gasteiger partial charge in [-0.05, 0) is 49.6 Å². The zero-order valence-corrected chi connectivity index (χ0v) is 16.4. The van der Waals surface area contributed by atoms with Crippen LogP contribution < -0.4 is 10.6 Å². The third kappa shape index (κ3) is 6.26. The van der Waals surface area contributed by atoms with Crippen LogP contribution in [0.4, 0.5) is 4.39 Å². The van der Waals surface area contributed by atoms with E-state index in [4.69, 9.17) is 0 Å². The molecule has 1 fully saturated rings. The van der Waals surface area contributed by atoms with Crippen LogP contribution in [0.5, 0.6) is 0 Å². The summed E-state index contributed by atoms with van der Waals surface area (Å²) in [6.07, 6.45) is 2.28. The molecule has 1 atom stereocenters. The third-order valence-electron chi connectivity index (χ3n) is 3.89. The molecular weight excluding hydrogens is 393 g/mol. The van der Waals surface area contributed by atoms with Crippen molar-refractivity contribution in [2.75, 3.05) is 31.1 Å². The van der Waals surface area contributed by atoms with E-state index in [1.165, 1.54) is 6.07 Å². The van der Waals surface area contributed by atoms with Crippen LogP contribution in [0.1, 0.15) is 25.3 Å². The zero-order valence-electron chi connectivity index (χ0n) is 13.9. The smallest absolute Gasteiger partial charge is 0.191 e. The molecule has 0 aromatic heterocycles. The van der Waals surface area contributed by atoms with Crippen molar-refractivity contribution in [3.63, 3.8) is 0 Å². The minimum atomic E-state index is -0.673. The molecule has 1 aliphatic rings. The van der Waals surface area contributed by atoms with E-state index in [1.54, 1.807) is 11.8 Å². The number of rotatable bonds is 7. The molecule has 0 bridgehead atoms. The number of halogens is 2. The van der Waals surface area contributed by atoms with Gasteiger partial charge >= 0.3 is 0 Å². The van der Waals surface area contributed by atoms with Gasteiger partial charge in [-0.15, -0.1) is 0 Å². The topological polar surface area (TPSA) is 56.7 Å². The number of hydrogen-bond donors (Lipinski definition) is 3. The molecule has 0 radical (unpaired) electrons. The maximum Gasteiger partial charge on any atom is 0.191 e. The van der Waals surface area contributed by atoms with E-state index >= 15 is 0 Å². The number of aryl methyl sites for hydroxylation is 1. The van der Waals surface area contributed by atoms with Crippen molar-refractivity contribution < 1.29 is 9.50 Å². The second kappa shape index (κ2) is 9.63. The summed E-state index contributed by atoms with van der Waals surface area (Å²) in [4.78, 5) is 4.49. The highest BCUT2D eigenvalue weighted by Crippen LogP contribution is 2.27. The Bertz CT molecular complexity index is 565. The fraction of sp³-hybridized carbons (Fsp3) is 0.588. The van der Waals surface area contributed by atoms with Crippen molar-refractivity contribution in [3.8, 4) is 0 Å². The number of nitrogens with one attached hydrogen (secondary N) is 2. The van der Waals surface area contributed by atoms with Gasteiger partial charge in [0, 0.05) is 23.3 Å². The van der Waals surface area contributed by atoms with Gasteiger partial charge in [-0.25, -0.2) is 4.39 Å². The molecule has 134 valence electrons. The standard InChI is InChI=1S/C17H25BrFN3OS/c1-2-20-16(22-11-17(23)7-9-24-12-17)21-8-3-4-13-5-6-14(18)10-15(13)19/h5-6,10,23H,2-4,7-9,11-12H2,1H3,(H2,20,21,22). The predicted molar refractivity (Wildman–Crippen MR) is 103 cm³/mol. The van der Waals surface area contributed by atoms with Crippen molar-refractivity contribution in [2.45, 2.75) is 31.8 Å². The number of benzene rings is 1. The first-order chi connectivity index (χ1) is 11.5. The summed E-state index contributed by atoms with van der Waals surface area (Å²) in [6.45, 7) is 3.89. The summed E-state index contributed by atoms with van der Waals surface area (Å²) in [5.74, 6) is 2.28. The molecule has 1 saturated heterocycles. The highest BCUT2D eigenvalue weighted by atomic mass is 79.9.